The van der Waals surface area contributed by atoms with Crippen molar-refractivity contribution in [3.05, 3.63) is 12.7 Å². The van der Waals surface area contributed by atoms with Crippen LogP contribution in [0, 0.1) is 0 Å². The van der Waals surface area contributed by atoms with Crippen LogP contribution in [0.2, 0.25) is 0 Å². The Labute approximate surface area is 97.6 Å². The van der Waals surface area contributed by atoms with E-state index in [0.717, 1.165) is 26.1 Å². The second kappa shape index (κ2) is 6.66. The van der Waals surface area contributed by atoms with E-state index in [9.17, 15) is 4.79 Å². The number of rotatable bonds is 5. The van der Waals surface area contributed by atoms with Crippen LogP contribution >= 0.6 is 0 Å². The molecule has 1 heterocycles. The lowest BCUT2D eigenvalue weighted by atomic mass is 10.2. The minimum atomic E-state index is -0.347. The van der Waals surface area contributed by atoms with E-state index in [1.807, 2.05) is 11.8 Å². The van der Waals surface area contributed by atoms with E-state index in [2.05, 4.69) is 18.8 Å². The third-order valence-electron chi connectivity index (χ3n) is 2.82. The van der Waals surface area contributed by atoms with Gasteiger partial charge in [-0.3, -0.25) is 4.79 Å². The molecular formula is C12H22N2O2. The molecule has 1 aliphatic heterocycles. The second-order valence-corrected chi connectivity index (χ2v) is 4.18. The van der Waals surface area contributed by atoms with Crippen molar-refractivity contribution in [1.29, 1.82) is 0 Å². The van der Waals surface area contributed by atoms with E-state index >= 15 is 0 Å². The minimum absolute atomic E-state index is 0.0954. The molecule has 92 valence electrons. The fourth-order valence-corrected chi connectivity index (χ4v) is 1.80. The van der Waals surface area contributed by atoms with E-state index in [0.29, 0.717) is 6.61 Å². The van der Waals surface area contributed by atoms with Crippen LogP contribution in [0.25, 0.3) is 0 Å². The number of nitrogens with one attached hydrogen (secondary N) is 1. The molecule has 4 heteroatoms. The number of hydrogen-bond donors (Lipinski definition) is 1. The molecule has 1 aliphatic rings. The number of carbonyl (C=O) groups excluding carboxylic acids is 1. The lowest BCUT2D eigenvalue weighted by molar-refractivity contribution is -0.145. The molecule has 1 fully saturated rings. The summed E-state index contributed by atoms with van der Waals surface area (Å²) >= 11 is 0. The van der Waals surface area contributed by atoms with Crippen molar-refractivity contribution in [3.8, 4) is 0 Å². The Hall–Kier alpha value is -0.870. The number of amides is 1. The first-order valence-electron chi connectivity index (χ1n) is 5.90. The van der Waals surface area contributed by atoms with Gasteiger partial charge in [-0.15, -0.1) is 6.58 Å². The summed E-state index contributed by atoms with van der Waals surface area (Å²) in [6.45, 7) is 10.6. The number of nitrogens with zero attached hydrogens (tertiary/aromatic N) is 1. The minimum Gasteiger partial charge on any atom is -0.368 e. The van der Waals surface area contributed by atoms with Gasteiger partial charge in [-0.05, 0) is 20.3 Å². The molecule has 1 rings (SSSR count). The highest BCUT2D eigenvalue weighted by atomic mass is 16.5. The topological polar surface area (TPSA) is 41.6 Å². The van der Waals surface area contributed by atoms with Crippen LogP contribution in [0.1, 0.15) is 20.3 Å². The zero-order valence-corrected chi connectivity index (χ0v) is 10.2. The molecule has 0 aromatic heterocycles. The van der Waals surface area contributed by atoms with Gasteiger partial charge in [-0.25, -0.2) is 0 Å². The van der Waals surface area contributed by atoms with Crippen LogP contribution in [0.4, 0.5) is 0 Å². The summed E-state index contributed by atoms with van der Waals surface area (Å²) in [5.41, 5.74) is 0. The van der Waals surface area contributed by atoms with Gasteiger partial charge >= 0.3 is 0 Å². The predicted molar refractivity (Wildman–Crippen MR) is 64.3 cm³/mol. The smallest absolute Gasteiger partial charge is 0.251 e. The molecule has 0 bridgehead atoms. The van der Waals surface area contributed by atoms with Crippen molar-refractivity contribution in [2.45, 2.75) is 32.4 Å². The summed E-state index contributed by atoms with van der Waals surface area (Å²) in [5.74, 6) is 0.0954. The van der Waals surface area contributed by atoms with Gasteiger partial charge in [0.15, 0.2) is 0 Å². The molecular weight excluding hydrogens is 204 g/mol. The Morgan fingerprint density at radius 2 is 2.50 bits per heavy atom. The standard InChI is InChI=1S/C12H22N2O2/c1-4-5-8-16-11(3)12(15)14-7-6-13-9-10(14)2/h4,10-11,13H,1,5-9H2,2-3H3/t10-,11?/m0/s1. The van der Waals surface area contributed by atoms with Gasteiger partial charge in [0.25, 0.3) is 5.91 Å². The molecule has 0 aromatic rings. The Morgan fingerprint density at radius 3 is 3.12 bits per heavy atom. The molecule has 1 N–H and O–H groups in total. The normalized spacial score (nSPS) is 22.9. The van der Waals surface area contributed by atoms with Gasteiger partial charge in [0.2, 0.25) is 0 Å². The molecule has 4 nitrogen and oxygen atoms in total. The highest BCUT2D eigenvalue weighted by Gasteiger charge is 2.26. The molecule has 0 aliphatic carbocycles. The lowest BCUT2D eigenvalue weighted by Gasteiger charge is -2.35. The maximum Gasteiger partial charge on any atom is 0.251 e. The average Bonchev–Trinajstić information content (AvgIpc) is 2.29. The zero-order chi connectivity index (χ0) is 12.0. The van der Waals surface area contributed by atoms with E-state index in [4.69, 9.17) is 4.74 Å². The summed E-state index contributed by atoms with van der Waals surface area (Å²) in [6, 6.07) is 0.256. The van der Waals surface area contributed by atoms with E-state index in [-0.39, 0.29) is 18.1 Å². The molecule has 0 aromatic carbocycles. The number of piperazine rings is 1. The quantitative estimate of drug-likeness (QED) is 0.556. The maximum atomic E-state index is 12.1. The number of ether oxygens (including phenoxy) is 1. The first kappa shape index (κ1) is 13.2. The first-order chi connectivity index (χ1) is 7.66. The summed E-state index contributed by atoms with van der Waals surface area (Å²) < 4.78 is 5.46. The number of hydrogen-bond acceptors (Lipinski definition) is 3. The Kier molecular flexibility index (Phi) is 5.49. The van der Waals surface area contributed by atoms with Crippen LogP contribution in [0.5, 0.6) is 0 Å². The highest BCUT2D eigenvalue weighted by molar-refractivity contribution is 5.81. The van der Waals surface area contributed by atoms with Crippen LogP contribution in [0.3, 0.4) is 0 Å². The van der Waals surface area contributed by atoms with Crippen molar-refractivity contribution in [3.63, 3.8) is 0 Å². The molecule has 0 spiro atoms. The van der Waals surface area contributed by atoms with Crippen LogP contribution < -0.4 is 5.32 Å². The molecule has 16 heavy (non-hydrogen) atoms. The fraction of sp³-hybridized carbons (Fsp3) is 0.750. The van der Waals surface area contributed by atoms with Gasteiger partial charge < -0.3 is 15.0 Å². The van der Waals surface area contributed by atoms with E-state index < -0.39 is 0 Å². The Bertz CT molecular complexity index is 243. The summed E-state index contributed by atoms with van der Waals surface area (Å²) in [4.78, 5) is 13.9. The van der Waals surface area contributed by atoms with Gasteiger partial charge in [-0.2, -0.15) is 0 Å². The van der Waals surface area contributed by atoms with E-state index in [1.54, 1.807) is 6.08 Å². The van der Waals surface area contributed by atoms with Crippen molar-refractivity contribution in [2.75, 3.05) is 26.2 Å². The largest absolute Gasteiger partial charge is 0.368 e. The fourth-order valence-electron chi connectivity index (χ4n) is 1.80. The summed E-state index contributed by atoms with van der Waals surface area (Å²) in [5, 5.41) is 3.26. The SMILES string of the molecule is C=CCCOC(C)C(=O)N1CCNC[C@@H]1C. The first-order valence-corrected chi connectivity index (χ1v) is 5.90. The van der Waals surface area contributed by atoms with Crippen LogP contribution in [-0.2, 0) is 9.53 Å². The van der Waals surface area contributed by atoms with Crippen LogP contribution in [-0.4, -0.2) is 49.2 Å². The van der Waals surface area contributed by atoms with Gasteiger partial charge in [-0.1, -0.05) is 6.08 Å². The average molecular weight is 226 g/mol. The highest BCUT2D eigenvalue weighted by Crippen LogP contribution is 2.07. The van der Waals surface area contributed by atoms with Gasteiger partial charge in [0, 0.05) is 25.7 Å². The third-order valence-corrected chi connectivity index (χ3v) is 2.82. The molecule has 1 unspecified atom stereocenters. The lowest BCUT2D eigenvalue weighted by Crippen LogP contribution is -2.54. The van der Waals surface area contributed by atoms with Crippen LogP contribution in [0.15, 0.2) is 12.7 Å². The Balaban J connectivity index is 2.39. The zero-order valence-electron chi connectivity index (χ0n) is 10.2. The Morgan fingerprint density at radius 1 is 1.75 bits per heavy atom. The molecule has 2 atom stereocenters. The third kappa shape index (κ3) is 3.61. The van der Waals surface area contributed by atoms with Crippen molar-refractivity contribution < 1.29 is 9.53 Å². The van der Waals surface area contributed by atoms with Crippen molar-refractivity contribution in [2.24, 2.45) is 0 Å². The maximum absolute atomic E-state index is 12.1. The number of carbonyl (C=O) groups is 1. The molecule has 0 saturated carbocycles. The van der Waals surface area contributed by atoms with Gasteiger partial charge in [0.05, 0.1) is 6.61 Å². The summed E-state index contributed by atoms with van der Waals surface area (Å²) in [7, 11) is 0. The molecule has 1 amide bonds. The van der Waals surface area contributed by atoms with Crippen molar-refractivity contribution >= 4 is 5.91 Å². The monoisotopic (exact) mass is 226 g/mol. The van der Waals surface area contributed by atoms with Crippen molar-refractivity contribution in [1.82, 2.24) is 10.2 Å². The second-order valence-electron chi connectivity index (χ2n) is 4.18. The van der Waals surface area contributed by atoms with Gasteiger partial charge in [0.1, 0.15) is 6.10 Å². The molecule has 0 radical (unpaired) electrons. The van der Waals surface area contributed by atoms with E-state index in [1.165, 1.54) is 0 Å². The summed E-state index contributed by atoms with van der Waals surface area (Å²) in [6.07, 6.45) is 2.24. The molecule has 1 saturated heterocycles. The predicted octanol–water partition coefficient (Wildman–Crippen LogP) is 0.788.